The zero-order valence-corrected chi connectivity index (χ0v) is 15.3. The van der Waals surface area contributed by atoms with E-state index in [1.807, 2.05) is 25.1 Å². The summed E-state index contributed by atoms with van der Waals surface area (Å²) in [5.74, 6) is 0.489. The smallest absolute Gasteiger partial charge is 0.251 e. The van der Waals surface area contributed by atoms with Gasteiger partial charge in [-0.3, -0.25) is 9.69 Å². The van der Waals surface area contributed by atoms with Crippen LogP contribution in [-0.2, 0) is 10.0 Å². The number of furan rings is 1. The standard InChI is InChI=1S/C17H23N3O4S/c1-4-19-25(22,23)14-9-7-13(8-10-14)17(21)18-12-15(20(2)3)16-6-5-11-24-16/h5-11,15,19H,4,12H2,1-3H3,(H,18,21). The molecule has 1 aromatic heterocycles. The molecule has 7 nitrogen and oxygen atoms in total. The van der Waals surface area contributed by atoms with Gasteiger partial charge in [-0.1, -0.05) is 6.92 Å². The van der Waals surface area contributed by atoms with E-state index in [0.29, 0.717) is 18.7 Å². The predicted octanol–water partition coefficient (Wildman–Crippen LogP) is 1.61. The summed E-state index contributed by atoms with van der Waals surface area (Å²) in [6, 6.07) is 9.40. The van der Waals surface area contributed by atoms with E-state index in [0.717, 1.165) is 5.76 Å². The number of benzene rings is 1. The molecule has 0 bridgehead atoms. The highest BCUT2D eigenvalue weighted by molar-refractivity contribution is 7.89. The first kappa shape index (κ1) is 19.2. The summed E-state index contributed by atoms with van der Waals surface area (Å²) < 4.78 is 31.6. The average Bonchev–Trinajstić information content (AvgIpc) is 3.09. The molecule has 0 fully saturated rings. The number of nitrogens with zero attached hydrogens (tertiary/aromatic N) is 1. The highest BCUT2D eigenvalue weighted by Gasteiger charge is 2.19. The van der Waals surface area contributed by atoms with Crippen molar-refractivity contribution in [1.82, 2.24) is 14.9 Å². The lowest BCUT2D eigenvalue weighted by molar-refractivity contribution is 0.0939. The number of carbonyl (C=O) groups is 1. The van der Waals surface area contributed by atoms with E-state index in [2.05, 4.69) is 10.0 Å². The summed E-state index contributed by atoms with van der Waals surface area (Å²) in [7, 11) is 0.285. The molecule has 1 amide bonds. The zero-order chi connectivity index (χ0) is 18.4. The maximum Gasteiger partial charge on any atom is 0.251 e. The zero-order valence-electron chi connectivity index (χ0n) is 14.5. The van der Waals surface area contributed by atoms with Gasteiger partial charge in [0.05, 0.1) is 17.2 Å². The molecular weight excluding hydrogens is 342 g/mol. The van der Waals surface area contributed by atoms with E-state index in [4.69, 9.17) is 4.42 Å². The summed E-state index contributed by atoms with van der Waals surface area (Å²) in [6.45, 7) is 2.39. The summed E-state index contributed by atoms with van der Waals surface area (Å²) in [5.41, 5.74) is 0.396. The molecule has 1 unspecified atom stereocenters. The fraction of sp³-hybridized carbons (Fsp3) is 0.353. The van der Waals surface area contributed by atoms with Crippen molar-refractivity contribution in [3.05, 3.63) is 54.0 Å². The molecule has 0 aliphatic heterocycles. The summed E-state index contributed by atoms with van der Waals surface area (Å²) in [5, 5.41) is 2.85. The second kappa shape index (κ2) is 8.28. The third kappa shape index (κ3) is 4.91. The van der Waals surface area contributed by atoms with E-state index in [9.17, 15) is 13.2 Å². The normalized spacial score (nSPS) is 13.0. The molecule has 0 aliphatic carbocycles. The van der Waals surface area contributed by atoms with Crippen LogP contribution in [0, 0.1) is 0 Å². The molecule has 0 saturated heterocycles. The SMILES string of the molecule is CCNS(=O)(=O)c1ccc(C(=O)NCC(c2ccco2)N(C)C)cc1. The number of sulfonamides is 1. The van der Waals surface area contributed by atoms with Gasteiger partial charge in [-0.2, -0.15) is 0 Å². The van der Waals surface area contributed by atoms with Crippen molar-refractivity contribution in [2.45, 2.75) is 17.9 Å². The molecule has 2 N–H and O–H groups in total. The maximum atomic E-state index is 12.3. The van der Waals surface area contributed by atoms with E-state index < -0.39 is 10.0 Å². The molecule has 0 radical (unpaired) electrons. The number of likely N-dealkylation sites (N-methyl/N-ethyl adjacent to an activating group) is 1. The maximum absolute atomic E-state index is 12.3. The van der Waals surface area contributed by atoms with Crippen LogP contribution in [-0.4, -0.2) is 46.4 Å². The first-order valence-electron chi connectivity index (χ1n) is 7.93. The molecule has 2 rings (SSSR count). The Morgan fingerprint density at radius 2 is 1.88 bits per heavy atom. The molecule has 25 heavy (non-hydrogen) atoms. The third-order valence-corrected chi connectivity index (χ3v) is 5.27. The van der Waals surface area contributed by atoms with Gasteiger partial charge >= 0.3 is 0 Å². The van der Waals surface area contributed by atoms with Crippen LogP contribution in [0.1, 0.15) is 29.1 Å². The van der Waals surface area contributed by atoms with Gasteiger partial charge in [-0.25, -0.2) is 13.1 Å². The fourth-order valence-electron chi connectivity index (χ4n) is 2.37. The number of hydrogen-bond donors (Lipinski definition) is 2. The average molecular weight is 365 g/mol. The van der Waals surface area contributed by atoms with E-state index >= 15 is 0 Å². The molecule has 1 heterocycles. The Hall–Kier alpha value is -2.16. The van der Waals surface area contributed by atoms with Crippen LogP contribution in [0.5, 0.6) is 0 Å². The minimum atomic E-state index is -3.52. The Bertz CT molecular complexity index is 784. The lowest BCUT2D eigenvalue weighted by Gasteiger charge is -2.22. The van der Waals surface area contributed by atoms with Crippen LogP contribution in [0.15, 0.2) is 52.0 Å². The van der Waals surface area contributed by atoms with Gasteiger partial charge in [-0.05, 0) is 50.5 Å². The van der Waals surface area contributed by atoms with Crippen molar-refractivity contribution < 1.29 is 17.6 Å². The van der Waals surface area contributed by atoms with Crippen molar-refractivity contribution >= 4 is 15.9 Å². The molecule has 0 spiro atoms. The van der Waals surface area contributed by atoms with Gasteiger partial charge < -0.3 is 9.73 Å². The molecule has 0 aliphatic rings. The van der Waals surface area contributed by atoms with E-state index in [1.165, 1.54) is 24.3 Å². The van der Waals surface area contributed by atoms with Gasteiger partial charge in [-0.15, -0.1) is 0 Å². The lowest BCUT2D eigenvalue weighted by atomic mass is 10.2. The second-order valence-corrected chi connectivity index (χ2v) is 7.50. The topological polar surface area (TPSA) is 91.6 Å². The number of carbonyl (C=O) groups excluding carboxylic acids is 1. The predicted molar refractivity (Wildman–Crippen MR) is 94.8 cm³/mol. The van der Waals surface area contributed by atoms with Gasteiger partial charge in [0.25, 0.3) is 5.91 Å². The highest BCUT2D eigenvalue weighted by atomic mass is 32.2. The minimum absolute atomic E-state index is 0.0904. The first-order valence-corrected chi connectivity index (χ1v) is 9.41. The number of nitrogens with one attached hydrogen (secondary N) is 2. The summed E-state index contributed by atoms with van der Waals surface area (Å²) >= 11 is 0. The van der Waals surface area contributed by atoms with Gasteiger partial charge in [0.1, 0.15) is 5.76 Å². The van der Waals surface area contributed by atoms with Crippen molar-refractivity contribution in [3.8, 4) is 0 Å². The van der Waals surface area contributed by atoms with Crippen LogP contribution in [0.4, 0.5) is 0 Å². The summed E-state index contributed by atoms with van der Waals surface area (Å²) in [6.07, 6.45) is 1.59. The highest BCUT2D eigenvalue weighted by Crippen LogP contribution is 2.18. The third-order valence-electron chi connectivity index (χ3n) is 3.71. The Morgan fingerprint density at radius 3 is 2.40 bits per heavy atom. The van der Waals surface area contributed by atoms with Gasteiger partial charge in [0.15, 0.2) is 0 Å². The largest absolute Gasteiger partial charge is 0.468 e. The quantitative estimate of drug-likeness (QED) is 0.742. The van der Waals surface area contributed by atoms with Gasteiger partial charge in [0, 0.05) is 18.7 Å². The lowest BCUT2D eigenvalue weighted by Crippen LogP contribution is -2.34. The van der Waals surface area contributed by atoms with Crippen molar-refractivity contribution in [3.63, 3.8) is 0 Å². The molecule has 1 aromatic carbocycles. The Morgan fingerprint density at radius 1 is 1.20 bits per heavy atom. The molecule has 136 valence electrons. The Labute approximate surface area is 148 Å². The minimum Gasteiger partial charge on any atom is -0.468 e. The van der Waals surface area contributed by atoms with Crippen LogP contribution >= 0.6 is 0 Å². The van der Waals surface area contributed by atoms with E-state index in [1.54, 1.807) is 19.3 Å². The second-order valence-electron chi connectivity index (χ2n) is 5.73. The molecule has 0 saturated carbocycles. The van der Waals surface area contributed by atoms with Crippen LogP contribution in [0.25, 0.3) is 0 Å². The fourth-order valence-corrected chi connectivity index (χ4v) is 3.41. The van der Waals surface area contributed by atoms with Crippen molar-refractivity contribution in [2.75, 3.05) is 27.2 Å². The Balaban J connectivity index is 2.03. The van der Waals surface area contributed by atoms with Crippen LogP contribution < -0.4 is 10.0 Å². The number of amides is 1. The van der Waals surface area contributed by atoms with Crippen molar-refractivity contribution in [1.29, 1.82) is 0 Å². The number of rotatable bonds is 8. The van der Waals surface area contributed by atoms with Crippen molar-refractivity contribution in [2.24, 2.45) is 0 Å². The molecular formula is C17H23N3O4S. The first-order chi connectivity index (χ1) is 11.8. The Kier molecular flexibility index (Phi) is 6.35. The molecule has 2 aromatic rings. The molecule has 1 atom stereocenters. The number of hydrogen-bond acceptors (Lipinski definition) is 5. The van der Waals surface area contributed by atoms with Crippen LogP contribution in [0.3, 0.4) is 0 Å². The van der Waals surface area contributed by atoms with Crippen LogP contribution in [0.2, 0.25) is 0 Å². The monoisotopic (exact) mass is 365 g/mol. The van der Waals surface area contributed by atoms with Gasteiger partial charge in [0.2, 0.25) is 10.0 Å². The molecule has 8 heteroatoms. The summed E-state index contributed by atoms with van der Waals surface area (Å²) in [4.78, 5) is 14.4. The van der Waals surface area contributed by atoms with E-state index in [-0.39, 0.29) is 16.8 Å².